The van der Waals surface area contributed by atoms with Crippen LogP contribution in [-0.2, 0) is 4.74 Å². The molecule has 0 unspecified atom stereocenters. The van der Waals surface area contributed by atoms with Crippen LogP contribution in [0.15, 0.2) is 0 Å². The first kappa shape index (κ1) is 20.0. The highest BCUT2D eigenvalue weighted by Crippen LogP contribution is 2.20. The predicted octanol–water partition coefficient (Wildman–Crippen LogP) is 5.90. The van der Waals surface area contributed by atoms with Crippen molar-refractivity contribution in [1.82, 2.24) is 0 Å². The molecule has 0 saturated heterocycles. The van der Waals surface area contributed by atoms with E-state index in [2.05, 4.69) is 21.0 Å². The van der Waals surface area contributed by atoms with Crippen molar-refractivity contribution in [1.29, 1.82) is 0 Å². The monoisotopic (exact) mass is 312 g/mol. The summed E-state index contributed by atoms with van der Waals surface area (Å²) in [7, 11) is 4.66. The van der Waals surface area contributed by atoms with E-state index in [1.54, 1.807) is 0 Å². The Morgan fingerprint density at radius 1 is 0.773 bits per heavy atom. The van der Waals surface area contributed by atoms with E-state index in [4.69, 9.17) is 4.74 Å². The van der Waals surface area contributed by atoms with Crippen LogP contribution in [0.3, 0.4) is 0 Å². The lowest BCUT2D eigenvalue weighted by Crippen LogP contribution is -2.43. The van der Waals surface area contributed by atoms with Crippen molar-refractivity contribution in [3.63, 3.8) is 0 Å². The molecule has 1 saturated carbocycles. The Kier molecular flexibility index (Phi) is 11.2. The highest BCUT2D eigenvalue weighted by atomic mass is 16.5. The van der Waals surface area contributed by atoms with E-state index in [1.807, 2.05) is 0 Å². The normalized spacial score (nSPS) is 17.6. The van der Waals surface area contributed by atoms with Crippen LogP contribution in [0, 0.1) is 0 Å². The maximum atomic E-state index is 6.22. The Hall–Kier alpha value is -0.0800. The van der Waals surface area contributed by atoms with E-state index < -0.39 is 0 Å². The molecule has 0 aromatic carbocycles. The summed E-state index contributed by atoms with van der Waals surface area (Å²) in [5.74, 6) is 0. The third-order valence-electron chi connectivity index (χ3n) is 5.08. The third kappa shape index (κ3) is 10.6. The van der Waals surface area contributed by atoms with Gasteiger partial charge in [-0.3, -0.25) is 0 Å². The van der Waals surface area contributed by atoms with Crippen LogP contribution in [0.2, 0.25) is 0 Å². The van der Waals surface area contributed by atoms with E-state index in [0.29, 0.717) is 6.10 Å². The standard InChI is InChI=1S/C20H42NO/c1-4-5-6-7-8-9-12-15-18-21(2,3)19-22-20-16-13-10-11-14-17-20/h20H,4-19H2,1-3H3/q+1. The maximum absolute atomic E-state index is 6.22. The van der Waals surface area contributed by atoms with Gasteiger partial charge in [0.25, 0.3) is 0 Å². The zero-order valence-electron chi connectivity index (χ0n) is 15.7. The van der Waals surface area contributed by atoms with Gasteiger partial charge in [0, 0.05) is 0 Å². The lowest BCUT2D eigenvalue weighted by molar-refractivity contribution is -0.910. The Morgan fingerprint density at radius 2 is 1.32 bits per heavy atom. The fourth-order valence-corrected chi connectivity index (χ4v) is 3.45. The van der Waals surface area contributed by atoms with Crippen LogP contribution in [0.5, 0.6) is 0 Å². The molecule has 1 aliphatic rings. The van der Waals surface area contributed by atoms with E-state index in [1.165, 1.54) is 96.4 Å². The molecule has 1 rings (SSSR count). The number of quaternary nitrogens is 1. The zero-order valence-corrected chi connectivity index (χ0v) is 15.7. The molecule has 2 nitrogen and oxygen atoms in total. The zero-order chi connectivity index (χ0) is 16.1. The number of unbranched alkanes of at least 4 members (excludes halogenated alkanes) is 7. The van der Waals surface area contributed by atoms with Gasteiger partial charge in [-0.2, -0.15) is 0 Å². The molecule has 0 bridgehead atoms. The van der Waals surface area contributed by atoms with Gasteiger partial charge in [0.15, 0.2) is 6.73 Å². The van der Waals surface area contributed by atoms with Gasteiger partial charge in [0.2, 0.25) is 0 Å². The van der Waals surface area contributed by atoms with Gasteiger partial charge in [-0.15, -0.1) is 0 Å². The smallest absolute Gasteiger partial charge is 0.183 e. The molecule has 0 spiro atoms. The summed E-state index contributed by atoms with van der Waals surface area (Å²) >= 11 is 0. The van der Waals surface area contributed by atoms with Gasteiger partial charge in [-0.05, 0) is 25.7 Å². The molecular weight excluding hydrogens is 270 g/mol. The van der Waals surface area contributed by atoms with Crippen molar-refractivity contribution in [2.24, 2.45) is 0 Å². The van der Waals surface area contributed by atoms with E-state index >= 15 is 0 Å². The van der Waals surface area contributed by atoms with Gasteiger partial charge < -0.3 is 9.22 Å². The molecular formula is C20H42NO+. The summed E-state index contributed by atoms with van der Waals surface area (Å²) in [4.78, 5) is 0. The molecule has 0 atom stereocenters. The number of nitrogens with zero attached hydrogens (tertiary/aromatic N) is 1. The van der Waals surface area contributed by atoms with Gasteiger partial charge in [0.05, 0.1) is 26.7 Å². The number of rotatable bonds is 12. The molecule has 1 fully saturated rings. The number of hydrogen-bond donors (Lipinski definition) is 0. The molecule has 132 valence electrons. The summed E-state index contributed by atoms with van der Waals surface area (Å²) < 4.78 is 7.26. The molecule has 0 heterocycles. The summed E-state index contributed by atoms with van der Waals surface area (Å²) in [6.45, 7) is 4.46. The van der Waals surface area contributed by atoms with Gasteiger partial charge in [-0.1, -0.05) is 71.1 Å². The third-order valence-corrected chi connectivity index (χ3v) is 5.08. The van der Waals surface area contributed by atoms with Crippen LogP contribution >= 0.6 is 0 Å². The molecule has 22 heavy (non-hydrogen) atoms. The van der Waals surface area contributed by atoms with Crippen LogP contribution < -0.4 is 0 Å². The summed E-state index contributed by atoms with van der Waals surface area (Å²) in [5, 5.41) is 0. The van der Waals surface area contributed by atoms with Crippen molar-refractivity contribution in [2.75, 3.05) is 27.4 Å². The average molecular weight is 313 g/mol. The fourth-order valence-electron chi connectivity index (χ4n) is 3.45. The van der Waals surface area contributed by atoms with Crippen molar-refractivity contribution >= 4 is 0 Å². The number of ether oxygens (including phenoxy) is 1. The molecule has 0 amide bonds. The highest BCUT2D eigenvalue weighted by Gasteiger charge is 2.19. The second-order valence-electron chi connectivity index (χ2n) is 8.04. The lowest BCUT2D eigenvalue weighted by Gasteiger charge is -2.31. The van der Waals surface area contributed by atoms with Crippen molar-refractivity contribution in [3.8, 4) is 0 Å². The first-order chi connectivity index (χ1) is 10.6. The van der Waals surface area contributed by atoms with Crippen molar-refractivity contribution < 1.29 is 9.22 Å². The van der Waals surface area contributed by atoms with E-state index in [9.17, 15) is 0 Å². The van der Waals surface area contributed by atoms with Crippen molar-refractivity contribution in [3.05, 3.63) is 0 Å². The molecule has 0 aromatic heterocycles. The first-order valence-electron chi connectivity index (χ1n) is 10.1. The Balaban J connectivity index is 2.00. The summed E-state index contributed by atoms with van der Waals surface area (Å²) in [5.41, 5.74) is 0. The minimum Gasteiger partial charge on any atom is -0.328 e. The highest BCUT2D eigenvalue weighted by molar-refractivity contribution is 4.63. The molecule has 0 radical (unpaired) electrons. The van der Waals surface area contributed by atoms with Crippen molar-refractivity contribution in [2.45, 2.75) is 103 Å². The maximum Gasteiger partial charge on any atom is 0.183 e. The number of hydrogen-bond acceptors (Lipinski definition) is 1. The van der Waals surface area contributed by atoms with Gasteiger partial charge in [-0.25, -0.2) is 0 Å². The summed E-state index contributed by atoms with van der Waals surface area (Å²) in [6, 6.07) is 0. The van der Waals surface area contributed by atoms with Gasteiger partial charge >= 0.3 is 0 Å². The Labute approximate surface area is 140 Å². The predicted molar refractivity (Wildman–Crippen MR) is 97.0 cm³/mol. The minimum atomic E-state index is 0.540. The SMILES string of the molecule is CCCCCCCCCC[N+](C)(C)COC1CCCCCC1. The van der Waals surface area contributed by atoms with Crippen LogP contribution in [0.25, 0.3) is 0 Å². The topological polar surface area (TPSA) is 9.23 Å². The van der Waals surface area contributed by atoms with Gasteiger partial charge in [0.1, 0.15) is 0 Å². The van der Waals surface area contributed by atoms with Crippen LogP contribution in [-0.4, -0.2) is 38.0 Å². The quantitative estimate of drug-likeness (QED) is 0.189. The minimum absolute atomic E-state index is 0.540. The summed E-state index contributed by atoms with van der Waals surface area (Å²) in [6.07, 6.45) is 20.0. The van der Waals surface area contributed by atoms with Crippen LogP contribution in [0.4, 0.5) is 0 Å². The largest absolute Gasteiger partial charge is 0.328 e. The van der Waals surface area contributed by atoms with E-state index in [0.717, 1.165) is 11.2 Å². The molecule has 2 heteroatoms. The first-order valence-corrected chi connectivity index (χ1v) is 10.1. The van der Waals surface area contributed by atoms with Crippen LogP contribution in [0.1, 0.15) is 96.8 Å². The van der Waals surface area contributed by atoms with E-state index in [-0.39, 0.29) is 0 Å². The Morgan fingerprint density at radius 3 is 1.91 bits per heavy atom. The second-order valence-corrected chi connectivity index (χ2v) is 8.04. The molecule has 0 aromatic rings. The Bertz CT molecular complexity index is 244. The molecule has 1 aliphatic carbocycles. The molecule has 0 N–H and O–H groups in total. The average Bonchev–Trinajstić information content (AvgIpc) is 2.77. The fraction of sp³-hybridized carbons (Fsp3) is 1.00. The molecule has 0 aliphatic heterocycles. The lowest BCUT2D eigenvalue weighted by atomic mass is 10.1. The second kappa shape index (κ2) is 12.4.